The summed E-state index contributed by atoms with van der Waals surface area (Å²) in [5.74, 6) is 0.261. The monoisotopic (exact) mass is 463 g/mol. The zero-order chi connectivity index (χ0) is 24.2. The molecule has 178 valence electrons. The van der Waals surface area contributed by atoms with Gasteiger partial charge in [0.2, 0.25) is 0 Å². The molecule has 3 aromatic heterocycles. The molecule has 0 aliphatic heterocycles. The van der Waals surface area contributed by atoms with Crippen LogP contribution in [0.4, 0.5) is 4.39 Å². The van der Waals surface area contributed by atoms with Gasteiger partial charge in [-0.1, -0.05) is 0 Å². The molecule has 7 nitrogen and oxygen atoms in total. The maximum Gasteiger partial charge on any atom is 0.136 e. The van der Waals surface area contributed by atoms with Gasteiger partial charge in [0.25, 0.3) is 0 Å². The normalized spacial score (nSPS) is 11.3. The Morgan fingerprint density at radius 1 is 1.18 bits per heavy atom. The van der Waals surface area contributed by atoms with E-state index in [0.717, 1.165) is 39.4 Å². The van der Waals surface area contributed by atoms with Crippen molar-refractivity contribution in [1.29, 1.82) is 0 Å². The van der Waals surface area contributed by atoms with E-state index in [1.165, 1.54) is 12.1 Å². The van der Waals surface area contributed by atoms with Crippen LogP contribution >= 0.6 is 0 Å². The first-order chi connectivity index (χ1) is 16.4. The second kappa shape index (κ2) is 10.2. The topological polar surface area (TPSA) is 87.4 Å². The summed E-state index contributed by atoms with van der Waals surface area (Å²) >= 11 is 0. The quantitative estimate of drug-likeness (QED) is 0.386. The van der Waals surface area contributed by atoms with Gasteiger partial charge in [0.1, 0.15) is 23.0 Å². The average Bonchev–Trinajstić information content (AvgIpc) is 3.33. The molecule has 0 aliphatic carbocycles. The van der Waals surface area contributed by atoms with E-state index in [9.17, 15) is 9.18 Å². The van der Waals surface area contributed by atoms with Gasteiger partial charge < -0.3 is 19.7 Å². The SMILES string of the molecule is CC(=O)CCc1nn(C)c(C)c1CCOc1cc(F)ccc1-c1ccc2ncc(CCN)n2c1. The van der Waals surface area contributed by atoms with Crippen LogP contribution in [-0.2, 0) is 31.1 Å². The van der Waals surface area contributed by atoms with Crippen molar-refractivity contribution in [3.8, 4) is 16.9 Å². The molecule has 4 rings (SSSR count). The first-order valence-corrected chi connectivity index (χ1v) is 11.5. The number of hydrogen-bond donors (Lipinski definition) is 1. The molecule has 0 amide bonds. The van der Waals surface area contributed by atoms with Crippen LogP contribution in [0.25, 0.3) is 16.8 Å². The Morgan fingerprint density at radius 3 is 2.76 bits per heavy atom. The zero-order valence-corrected chi connectivity index (χ0v) is 19.8. The van der Waals surface area contributed by atoms with Gasteiger partial charge >= 0.3 is 0 Å². The molecule has 0 bridgehead atoms. The number of nitrogens with two attached hydrogens (primary N) is 1. The first-order valence-electron chi connectivity index (χ1n) is 11.5. The molecule has 0 spiro atoms. The largest absolute Gasteiger partial charge is 0.492 e. The summed E-state index contributed by atoms with van der Waals surface area (Å²) in [5, 5.41) is 4.57. The van der Waals surface area contributed by atoms with Gasteiger partial charge in [0.15, 0.2) is 0 Å². The number of ether oxygens (including phenoxy) is 1. The molecule has 0 atom stereocenters. The Hall–Kier alpha value is -3.52. The van der Waals surface area contributed by atoms with Crippen molar-refractivity contribution in [3.63, 3.8) is 0 Å². The molecule has 2 N–H and O–H groups in total. The van der Waals surface area contributed by atoms with Crippen molar-refractivity contribution in [2.24, 2.45) is 12.8 Å². The van der Waals surface area contributed by atoms with Gasteiger partial charge in [-0.25, -0.2) is 9.37 Å². The lowest BCUT2D eigenvalue weighted by Gasteiger charge is -2.13. The minimum absolute atomic E-state index is 0.138. The predicted octanol–water partition coefficient (Wildman–Crippen LogP) is 3.83. The number of pyridine rings is 1. The van der Waals surface area contributed by atoms with E-state index in [0.29, 0.717) is 44.6 Å². The summed E-state index contributed by atoms with van der Waals surface area (Å²) < 4.78 is 24.1. The third kappa shape index (κ3) is 5.02. The lowest BCUT2D eigenvalue weighted by Crippen LogP contribution is -2.06. The molecule has 34 heavy (non-hydrogen) atoms. The summed E-state index contributed by atoms with van der Waals surface area (Å²) in [6.07, 6.45) is 6.21. The smallest absolute Gasteiger partial charge is 0.136 e. The van der Waals surface area contributed by atoms with Crippen molar-refractivity contribution < 1.29 is 13.9 Å². The Balaban J connectivity index is 1.57. The number of halogens is 1. The van der Waals surface area contributed by atoms with Crippen molar-refractivity contribution >= 4 is 11.4 Å². The van der Waals surface area contributed by atoms with Gasteiger partial charge in [-0.05, 0) is 56.6 Å². The van der Waals surface area contributed by atoms with Gasteiger partial charge in [0, 0.05) is 67.3 Å². The molecular weight excluding hydrogens is 433 g/mol. The van der Waals surface area contributed by atoms with E-state index >= 15 is 0 Å². The number of rotatable bonds is 10. The van der Waals surface area contributed by atoms with Crippen LogP contribution in [0.5, 0.6) is 5.75 Å². The second-order valence-corrected chi connectivity index (χ2v) is 8.51. The lowest BCUT2D eigenvalue weighted by molar-refractivity contribution is -0.117. The predicted molar refractivity (Wildman–Crippen MR) is 129 cm³/mol. The highest BCUT2D eigenvalue weighted by atomic mass is 19.1. The number of imidazole rings is 1. The standard InChI is InChI=1S/C26H30FN5O2/c1-17(33)4-8-24-22(18(2)31(3)30-24)11-13-34-25-14-20(27)6-7-23(25)19-5-9-26-29-15-21(10-12-28)32(26)16-19/h5-7,9,14-16H,4,8,10-13,28H2,1-3H3. The van der Waals surface area contributed by atoms with Crippen molar-refractivity contribution in [2.45, 2.75) is 39.5 Å². The van der Waals surface area contributed by atoms with Crippen LogP contribution in [0.2, 0.25) is 0 Å². The summed E-state index contributed by atoms with van der Waals surface area (Å²) in [6, 6.07) is 8.48. The summed E-state index contributed by atoms with van der Waals surface area (Å²) in [5.41, 5.74) is 12.3. The molecule has 0 saturated heterocycles. The lowest BCUT2D eigenvalue weighted by atomic mass is 10.0. The van der Waals surface area contributed by atoms with Gasteiger partial charge in [-0.3, -0.25) is 4.68 Å². The Labute approximate surface area is 198 Å². The van der Waals surface area contributed by atoms with Crippen molar-refractivity contribution in [1.82, 2.24) is 19.2 Å². The molecule has 0 radical (unpaired) electrons. The van der Waals surface area contributed by atoms with Crippen LogP contribution in [0.3, 0.4) is 0 Å². The number of nitrogens with zero attached hydrogens (tertiary/aromatic N) is 4. The number of carbonyl (C=O) groups is 1. The Kier molecular flexibility index (Phi) is 7.07. The maximum absolute atomic E-state index is 14.1. The van der Waals surface area contributed by atoms with Gasteiger partial charge in [-0.15, -0.1) is 0 Å². The minimum atomic E-state index is -0.356. The van der Waals surface area contributed by atoms with Crippen LogP contribution < -0.4 is 10.5 Å². The van der Waals surface area contributed by atoms with Gasteiger partial charge in [-0.2, -0.15) is 5.10 Å². The zero-order valence-electron chi connectivity index (χ0n) is 19.8. The highest BCUT2D eigenvalue weighted by Gasteiger charge is 2.15. The van der Waals surface area contributed by atoms with E-state index in [1.807, 2.05) is 47.6 Å². The molecule has 3 heterocycles. The number of hydrogen-bond acceptors (Lipinski definition) is 5. The fraction of sp³-hybridized carbons (Fsp3) is 0.346. The second-order valence-electron chi connectivity index (χ2n) is 8.51. The fourth-order valence-electron chi connectivity index (χ4n) is 4.18. The van der Waals surface area contributed by atoms with Crippen molar-refractivity contribution in [3.05, 3.63) is 71.2 Å². The third-order valence-electron chi connectivity index (χ3n) is 6.10. The van der Waals surface area contributed by atoms with Crippen LogP contribution in [0.15, 0.2) is 42.7 Å². The molecular formula is C26H30FN5O2. The van der Waals surface area contributed by atoms with Gasteiger partial charge in [0.05, 0.1) is 12.3 Å². The van der Waals surface area contributed by atoms with E-state index in [4.69, 9.17) is 10.5 Å². The molecule has 0 saturated carbocycles. The van der Waals surface area contributed by atoms with Crippen molar-refractivity contribution in [2.75, 3.05) is 13.2 Å². The third-order valence-corrected chi connectivity index (χ3v) is 6.10. The van der Waals surface area contributed by atoms with E-state index in [-0.39, 0.29) is 11.6 Å². The molecule has 0 fully saturated rings. The fourth-order valence-corrected chi connectivity index (χ4v) is 4.18. The highest BCUT2D eigenvalue weighted by molar-refractivity contribution is 5.75. The number of carbonyl (C=O) groups excluding carboxylic acids is 1. The molecule has 4 aromatic rings. The van der Waals surface area contributed by atoms with Crippen LogP contribution in [-0.4, -0.2) is 38.1 Å². The number of Topliss-reactive ketones (excluding diaryl/α,β-unsaturated/α-hetero) is 1. The van der Waals surface area contributed by atoms with E-state index < -0.39 is 0 Å². The van der Waals surface area contributed by atoms with Crippen LogP contribution in [0.1, 0.15) is 36.0 Å². The van der Waals surface area contributed by atoms with E-state index in [2.05, 4.69) is 10.1 Å². The summed E-state index contributed by atoms with van der Waals surface area (Å²) in [6.45, 7) is 4.49. The maximum atomic E-state index is 14.1. The highest BCUT2D eigenvalue weighted by Crippen LogP contribution is 2.31. The first kappa shape index (κ1) is 23.6. The number of fused-ring (bicyclic) bond motifs is 1. The Bertz CT molecular complexity index is 1320. The molecule has 0 unspecified atom stereocenters. The average molecular weight is 464 g/mol. The Morgan fingerprint density at radius 2 is 2.00 bits per heavy atom. The summed E-state index contributed by atoms with van der Waals surface area (Å²) in [7, 11) is 1.90. The summed E-state index contributed by atoms with van der Waals surface area (Å²) in [4.78, 5) is 15.9. The number of benzene rings is 1. The van der Waals surface area contributed by atoms with Crippen LogP contribution in [0, 0.1) is 12.7 Å². The number of ketones is 1. The number of aromatic nitrogens is 4. The molecule has 1 aromatic carbocycles. The van der Waals surface area contributed by atoms with E-state index in [1.54, 1.807) is 13.0 Å². The minimum Gasteiger partial charge on any atom is -0.492 e. The molecule has 0 aliphatic rings. The molecule has 8 heteroatoms. The number of aryl methyl sites for hydroxylation is 2.